The van der Waals surface area contributed by atoms with Gasteiger partial charge in [-0.15, -0.1) is 0 Å². The van der Waals surface area contributed by atoms with Crippen molar-refractivity contribution in [2.75, 3.05) is 26.9 Å². The first-order valence-corrected chi connectivity index (χ1v) is 9.16. The van der Waals surface area contributed by atoms with Crippen LogP contribution in [0.3, 0.4) is 0 Å². The van der Waals surface area contributed by atoms with Crippen LogP contribution in [0.5, 0.6) is 5.75 Å². The van der Waals surface area contributed by atoms with Gasteiger partial charge in [0.2, 0.25) is 0 Å². The van der Waals surface area contributed by atoms with Crippen molar-refractivity contribution in [3.8, 4) is 5.75 Å². The monoisotopic (exact) mass is 341 g/mol. The summed E-state index contributed by atoms with van der Waals surface area (Å²) in [7, 11) is 3.80. The smallest absolute Gasteiger partial charge is 0.118 e. The molecule has 4 rings (SSSR count). The standard InChI is InChI=1S/C20H27N3O2/c1-22-14-21-19-11-23(9-15-5-7-18(24-2)8-6-15)10-17(20(19)22)13-25-12-16-3-4-16/h5-8,14,16-17H,3-4,9-13H2,1-2H3/t17-/m0/s1. The number of ether oxygens (including phenoxy) is 2. The summed E-state index contributed by atoms with van der Waals surface area (Å²) < 4.78 is 13.4. The molecule has 25 heavy (non-hydrogen) atoms. The number of rotatable bonds is 7. The maximum absolute atomic E-state index is 6.02. The van der Waals surface area contributed by atoms with Gasteiger partial charge in [0.15, 0.2) is 0 Å². The maximum atomic E-state index is 6.02. The third-order valence-electron chi connectivity index (χ3n) is 5.24. The number of imidazole rings is 1. The lowest BCUT2D eigenvalue weighted by atomic mass is 9.98. The van der Waals surface area contributed by atoms with Crippen LogP contribution in [0.2, 0.25) is 0 Å². The van der Waals surface area contributed by atoms with Gasteiger partial charge in [0, 0.05) is 44.9 Å². The van der Waals surface area contributed by atoms with Crippen LogP contribution < -0.4 is 4.74 Å². The van der Waals surface area contributed by atoms with Gasteiger partial charge in [0.05, 0.1) is 25.7 Å². The molecule has 1 aliphatic carbocycles. The minimum Gasteiger partial charge on any atom is -0.497 e. The predicted molar refractivity (Wildman–Crippen MR) is 96.6 cm³/mol. The van der Waals surface area contributed by atoms with Gasteiger partial charge in [-0.2, -0.15) is 0 Å². The molecule has 0 amide bonds. The van der Waals surface area contributed by atoms with Crippen LogP contribution in [0.25, 0.3) is 0 Å². The molecule has 1 aliphatic heterocycles. The predicted octanol–water partition coefficient (Wildman–Crippen LogP) is 2.95. The largest absolute Gasteiger partial charge is 0.497 e. The molecule has 0 saturated heterocycles. The Kier molecular flexibility index (Phi) is 4.77. The lowest BCUT2D eigenvalue weighted by molar-refractivity contribution is 0.0867. The van der Waals surface area contributed by atoms with E-state index in [9.17, 15) is 0 Å². The number of benzene rings is 1. The van der Waals surface area contributed by atoms with Gasteiger partial charge in [0.1, 0.15) is 5.75 Å². The van der Waals surface area contributed by atoms with Crippen molar-refractivity contribution in [3.63, 3.8) is 0 Å². The summed E-state index contributed by atoms with van der Waals surface area (Å²) in [5, 5.41) is 0. The number of hydrogen-bond donors (Lipinski definition) is 0. The molecule has 5 nitrogen and oxygen atoms in total. The molecule has 1 atom stereocenters. The van der Waals surface area contributed by atoms with Crippen LogP contribution >= 0.6 is 0 Å². The van der Waals surface area contributed by atoms with Gasteiger partial charge >= 0.3 is 0 Å². The van der Waals surface area contributed by atoms with E-state index in [-0.39, 0.29) is 0 Å². The molecule has 1 aromatic carbocycles. The molecule has 5 heteroatoms. The molecule has 2 heterocycles. The summed E-state index contributed by atoms with van der Waals surface area (Å²) >= 11 is 0. The van der Waals surface area contributed by atoms with Crippen LogP contribution in [0.1, 0.15) is 35.7 Å². The average molecular weight is 341 g/mol. The second-order valence-electron chi connectivity index (χ2n) is 7.38. The highest BCUT2D eigenvalue weighted by atomic mass is 16.5. The Bertz CT molecular complexity index is 706. The Morgan fingerprint density at radius 1 is 1.16 bits per heavy atom. The molecule has 134 valence electrons. The number of aryl methyl sites for hydroxylation is 1. The minimum absolute atomic E-state index is 0.397. The highest BCUT2D eigenvalue weighted by molar-refractivity contribution is 5.28. The molecule has 0 bridgehead atoms. The SMILES string of the molecule is COc1ccc(CN2Cc3ncn(C)c3[C@H](COCC3CC3)C2)cc1. The molecule has 2 aliphatic rings. The molecule has 0 radical (unpaired) electrons. The van der Waals surface area contributed by atoms with Gasteiger partial charge in [-0.3, -0.25) is 4.90 Å². The molecule has 1 aromatic heterocycles. The Morgan fingerprint density at radius 3 is 2.68 bits per heavy atom. The van der Waals surface area contributed by atoms with E-state index in [1.807, 2.05) is 18.5 Å². The van der Waals surface area contributed by atoms with Gasteiger partial charge in [-0.25, -0.2) is 4.98 Å². The van der Waals surface area contributed by atoms with Crippen LogP contribution in [0.4, 0.5) is 0 Å². The second kappa shape index (κ2) is 7.18. The van der Waals surface area contributed by atoms with Gasteiger partial charge < -0.3 is 14.0 Å². The topological polar surface area (TPSA) is 39.5 Å². The summed E-state index contributed by atoms with van der Waals surface area (Å²) in [6, 6.07) is 8.35. The molecule has 1 saturated carbocycles. The zero-order valence-electron chi connectivity index (χ0n) is 15.1. The lowest BCUT2D eigenvalue weighted by Gasteiger charge is -2.33. The Labute approximate surface area is 149 Å². The minimum atomic E-state index is 0.397. The van der Waals surface area contributed by atoms with E-state index in [0.717, 1.165) is 44.5 Å². The number of hydrogen-bond acceptors (Lipinski definition) is 4. The van der Waals surface area contributed by atoms with Crippen molar-refractivity contribution in [2.24, 2.45) is 13.0 Å². The van der Waals surface area contributed by atoms with E-state index < -0.39 is 0 Å². The Hall–Kier alpha value is -1.85. The van der Waals surface area contributed by atoms with Crippen molar-refractivity contribution >= 4 is 0 Å². The van der Waals surface area contributed by atoms with Crippen LogP contribution in [0, 0.1) is 5.92 Å². The van der Waals surface area contributed by atoms with Crippen molar-refractivity contribution in [1.29, 1.82) is 0 Å². The van der Waals surface area contributed by atoms with Crippen molar-refractivity contribution in [2.45, 2.75) is 31.8 Å². The van der Waals surface area contributed by atoms with Crippen LogP contribution in [0.15, 0.2) is 30.6 Å². The highest BCUT2D eigenvalue weighted by Crippen LogP contribution is 2.31. The van der Waals surface area contributed by atoms with Crippen molar-refractivity contribution in [3.05, 3.63) is 47.5 Å². The maximum Gasteiger partial charge on any atom is 0.118 e. The van der Waals surface area contributed by atoms with E-state index in [4.69, 9.17) is 9.47 Å². The van der Waals surface area contributed by atoms with Crippen molar-refractivity contribution in [1.82, 2.24) is 14.5 Å². The molecule has 0 N–H and O–H groups in total. The van der Waals surface area contributed by atoms with E-state index in [1.54, 1.807) is 7.11 Å². The molecule has 0 spiro atoms. The molecular weight excluding hydrogens is 314 g/mol. The summed E-state index contributed by atoms with van der Waals surface area (Å²) in [6.07, 6.45) is 4.62. The first-order valence-electron chi connectivity index (χ1n) is 9.16. The molecule has 0 unspecified atom stereocenters. The van der Waals surface area contributed by atoms with E-state index >= 15 is 0 Å². The molecule has 1 fully saturated rings. The number of fused-ring (bicyclic) bond motifs is 1. The number of nitrogens with zero attached hydrogens (tertiary/aromatic N) is 3. The first-order chi connectivity index (χ1) is 12.2. The second-order valence-corrected chi connectivity index (χ2v) is 7.38. The molecule has 2 aromatic rings. The molecular formula is C20H27N3O2. The normalized spacial score (nSPS) is 20.5. The third-order valence-corrected chi connectivity index (χ3v) is 5.24. The van der Waals surface area contributed by atoms with Crippen LogP contribution in [-0.2, 0) is 24.9 Å². The fourth-order valence-corrected chi connectivity index (χ4v) is 3.71. The van der Waals surface area contributed by atoms with E-state index in [0.29, 0.717) is 5.92 Å². The van der Waals surface area contributed by atoms with Crippen molar-refractivity contribution < 1.29 is 9.47 Å². The summed E-state index contributed by atoms with van der Waals surface area (Å²) in [5.41, 5.74) is 3.85. The third kappa shape index (κ3) is 3.88. The zero-order chi connectivity index (χ0) is 17.2. The summed E-state index contributed by atoms with van der Waals surface area (Å²) in [4.78, 5) is 7.10. The highest BCUT2D eigenvalue weighted by Gasteiger charge is 2.30. The zero-order valence-corrected chi connectivity index (χ0v) is 15.1. The fourth-order valence-electron chi connectivity index (χ4n) is 3.71. The first kappa shape index (κ1) is 16.6. The van der Waals surface area contributed by atoms with Gasteiger partial charge in [0.25, 0.3) is 0 Å². The quantitative estimate of drug-likeness (QED) is 0.776. The Morgan fingerprint density at radius 2 is 1.96 bits per heavy atom. The lowest BCUT2D eigenvalue weighted by Crippen LogP contribution is -2.36. The fraction of sp³-hybridized carbons (Fsp3) is 0.550. The number of methoxy groups -OCH3 is 1. The van der Waals surface area contributed by atoms with Gasteiger partial charge in [-0.1, -0.05) is 12.1 Å². The Balaban J connectivity index is 1.44. The van der Waals surface area contributed by atoms with E-state index in [2.05, 4.69) is 33.6 Å². The number of aromatic nitrogens is 2. The summed E-state index contributed by atoms with van der Waals surface area (Å²) in [6.45, 7) is 4.56. The van der Waals surface area contributed by atoms with E-state index in [1.165, 1.54) is 29.8 Å². The average Bonchev–Trinajstić information content (AvgIpc) is 3.37. The van der Waals surface area contributed by atoms with Gasteiger partial charge in [-0.05, 0) is 36.5 Å². The van der Waals surface area contributed by atoms with Crippen LogP contribution in [-0.4, -0.2) is 41.3 Å². The summed E-state index contributed by atoms with van der Waals surface area (Å²) in [5.74, 6) is 2.11.